The summed E-state index contributed by atoms with van der Waals surface area (Å²) in [5.41, 5.74) is 2.82. The molecule has 5 heteroatoms. The zero-order valence-electron chi connectivity index (χ0n) is 12.1. The first-order chi connectivity index (χ1) is 11.3. The van der Waals surface area contributed by atoms with E-state index in [1.807, 2.05) is 41.0 Å². The molecule has 0 aliphatic heterocycles. The molecule has 4 rings (SSSR count). The third-order valence-electron chi connectivity index (χ3n) is 3.93. The minimum Gasteiger partial charge on any atom is -0.535 e. The van der Waals surface area contributed by atoms with Crippen molar-refractivity contribution >= 4 is 29.5 Å². The minimum atomic E-state index is -0.528. The van der Waals surface area contributed by atoms with Crippen LogP contribution in [0.3, 0.4) is 0 Å². The first-order valence-corrected chi connectivity index (χ1v) is 7.20. The molecule has 1 heterocycles. The van der Waals surface area contributed by atoms with Crippen LogP contribution in [-0.4, -0.2) is 17.3 Å². The van der Waals surface area contributed by atoms with Crippen molar-refractivity contribution < 1.29 is 14.1 Å². The van der Waals surface area contributed by atoms with Gasteiger partial charge in [0.2, 0.25) is 0 Å². The predicted octanol–water partition coefficient (Wildman–Crippen LogP) is 3.83. The first kappa shape index (κ1) is 13.8. The summed E-state index contributed by atoms with van der Waals surface area (Å²) in [4.78, 5) is 0. The van der Waals surface area contributed by atoms with Gasteiger partial charge in [-0.15, -0.1) is 0 Å². The van der Waals surface area contributed by atoms with Crippen molar-refractivity contribution in [3.05, 3.63) is 72.5 Å². The van der Waals surface area contributed by atoms with Crippen molar-refractivity contribution in [1.29, 1.82) is 0 Å². The van der Waals surface area contributed by atoms with Gasteiger partial charge in [-0.1, -0.05) is 36.4 Å². The van der Waals surface area contributed by atoms with E-state index in [1.54, 1.807) is 12.1 Å². The third-order valence-corrected chi connectivity index (χ3v) is 3.93. The molecule has 1 radical (unpaired) electrons. The molecule has 3 aromatic carbocycles. The maximum Gasteiger partial charge on any atom is 0.569 e. The molecule has 0 atom stereocenters. The minimum absolute atomic E-state index is 0.0214. The Kier molecular flexibility index (Phi) is 3.28. The fourth-order valence-corrected chi connectivity index (χ4v) is 2.98. The number of benzene rings is 3. The second-order valence-corrected chi connectivity index (χ2v) is 5.21. The van der Waals surface area contributed by atoms with Crippen LogP contribution in [0.1, 0.15) is 0 Å². The van der Waals surface area contributed by atoms with Crippen LogP contribution in [0.2, 0.25) is 0 Å². The molecule has 0 saturated carbocycles. The van der Waals surface area contributed by atoms with E-state index in [4.69, 9.17) is 9.68 Å². The highest BCUT2D eigenvalue weighted by molar-refractivity contribution is 6.17. The number of hydrogen-bond acceptors (Lipinski definition) is 2. The average molecular weight is 304 g/mol. The van der Waals surface area contributed by atoms with Crippen LogP contribution >= 0.6 is 0 Å². The molecule has 0 fully saturated rings. The quantitative estimate of drug-likeness (QED) is 0.584. The van der Waals surface area contributed by atoms with Crippen molar-refractivity contribution in [2.75, 3.05) is 0 Å². The molecule has 0 aliphatic rings. The van der Waals surface area contributed by atoms with Gasteiger partial charge in [-0.05, 0) is 24.3 Å². The number of nitrogens with zero attached hydrogens (tertiary/aromatic N) is 1. The second-order valence-electron chi connectivity index (χ2n) is 5.21. The van der Waals surface area contributed by atoms with Crippen LogP contribution in [0.25, 0.3) is 27.5 Å². The number of halogens is 1. The van der Waals surface area contributed by atoms with E-state index in [1.165, 1.54) is 6.07 Å². The highest BCUT2D eigenvalue weighted by Crippen LogP contribution is 2.33. The zero-order valence-corrected chi connectivity index (χ0v) is 12.1. The monoisotopic (exact) mass is 304 g/mol. The summed E-state index contributed by atoms with van der Waals surface area (Å²) >= 11 is 0. The SMILES string of the molecule is O[B]Oc1cc(-n2c3ccccc3c3ccccc32)ccc1F. The molecule has 23 heavy (non-hydrogen) atoms. The predicted molar refractivity (Wildman–Crippen MR) is 89.3 cm³/mol. The fourth-order valence-electron chi connectivity index (χ4n) is 2.98. The number of fused-ring (bicyclic) bond motifs is 3. The Bertz CT molecular complexity index is 959. The van der Waals surface area contributed by atoms with E-state index in [2.05, 4.69) is 12.1 Å². The summed E-state index contributed by atoms with van der Waals surface area (Å²) in [5.74, 6) is -0.549. The Morgan fingerprint density at radius 2 is 1.48 bits per heavy atom. The van der Waals surface area contributed by atoms with E-state index in [0.717, 1.165) is 27.5 Å². The van der Waals surface area contributed by atoms with Crippen LogP contribution in [0, 0.1) is 5.82 Å². The molecular formula is C18H12BFNO2. The normalized spacial score (nSPS) is 11.0. The summed E-state index contributed by atoms with van der Waals surface area (Å²) < 4.78 is 20.7. The van der Waals surface area contributed by atoms with Gasteiger partial charge in [-0.3, -0.25) is 0 Å². The lowest BCUT2D eigenvalue weighted by Crippen LogP contribution is -2.03. The van der Waals surface area contributed by atoms with Gasteiger partial charge in [0.05, 0.1) is 11.0 Å². The summed E-state index contributed by atoms with van der Waals surface area (Å²) in [6.45, 7) is 0. The van der Waals surface area contributed by atoms with Gasteiger partial charge in [0, 0.05) is 22.5 Å². The van der Waals surface area contributed by atoms with Crippen LogP contribution in [0.5, 0.6) is 5.75 Å². The van der Waals surface area contributed by atoms with E-state index < -0.39 is 5.82 Å². The number of hydrogen-bond donors (Lipinski definition) is 1. The molecule has 4 aromatic rings. The van der Waals surface area contributed by atoms with Gasteiger partial charge in [-0.2, -0.15) is 0 Å². The Hall–Kier alpha value is -2.79. The summed E-state index contributed by atoms with van der Waals surface area (Å²) in [6, 6.07) is 20.7. The van der Waals surface area contributed by atoms with Gasteiger partial charge < -0.3 is 14.2 Å². The number of aromatic nitrogens is 1. The van der Waals surface area contributed by atoms with Crippen molar-refractivity contribution in [3.8, 4) is 11.4 Å². The van der Waals surface area contributed by atoms with Crippen LogP contribution in [0.4, 0.5) is 4.39 Å². The molecule has 0 amide bonds. The highest BCUT2D eigenvalue weighted by Gasteiger charge is 2.13. The average Bonchev–Trinajstić information content (AvgIpc) is 2.92. The Balaban J connectivity index is 2.06. The molecule has 0 saturated heterocycles. The third kappa shape index (κ3) is 2.17. The van der Waals surface area contributed by atoms with Crippen LogP contribution in [0.15, 0.2) is 66.7 Å². The van der Waals surface area contributed by atoms with Gasteiger partial charge in [0.25, 0.3) is 0 Å². The highest BCUT2D eigenvalue weighted by atomic mass is 19.1. The maximum atomic E-state index is 13.8. The van der Waals surface area contributed by atoms with E-state index in [0.29, 0.717) is 7.69 Å². The molecule has 0 bridgehead atoms. The lowest BCUT2D eigenvalue weighted by Gasteiger charge is -2.10. The lowest BCUT2D eigenvalue weighted by molar-refractivity contribution is 0.431. The second kappa shape index (κ2) is 5.45. The van der Waals surface area contributed by atoms with Gasteiger partial charge in [0.15, 0.2) is 5.82 Å². The van der Waals surface area contributed by atoms with Crippen molar-refractivity contribution in [1.82, 2.24) is 4.57 Å². The van der Waals surface area contributed by atoms with E-state index >= 15 is 0 Å². The summed E-state index contributed by atoms with van der Waals surface area (Å²) in [6.07, 6.45) is 0. The van der Waals surface area contributed by atoms with E-state index in [9.17, 15) is 4.39 Å². The largest absolute Gasteiger partial charge is 0.569 e. The molecule has 1 N–H and O–H groups in total. The van der Waals surface area contributed by atoms with Gasteiger partial charge in [-0.25, -0.2) is 4.39 Å². The number of para-hydroxylation sites is 2. The van der Waals surface area contributed by atoms with Crippen molar-refractivity contribution in [2.45, 2.75) is 0 Å². The molecule has 111 valence electrons. The summed E-state index contributed by atoms with van der Waals surface area (Å²) in [7, 11) is 0.480. The Morgan fingerprint density at radius 3 is 2.09 bits per heavy atom. The van der Waals surface area contributed by atoms with Crippen LogP contribution in [-0.2, 0) is 0 Å². The molecule has 0 aliphatic carbocycles. The Morgan fingerprint density at radius 1 is 0.870 bits per heavy atom. The molecular weight excluding hydrogens is 292 g/mol. The molecule has 1 aromatic heterocycles. The topological polar surface area (TPSA) is 34.4 Å². The Labute approximate surface area is 132 Å². The smallest absolute Gasteiger partial charge is 0.535 e. The number of rotatable bonds is 3. The zero-order chi connectivity index (χ0) is 15.8. The van der Waals surface area contributed by atoms with Gasteiger partial charge >= 0.3 is 7.69 Å². The molecule has 0 unspecified atom stereocenters. The standard InChI is InChI=1S/C18H12BFNO2/c20-15-10-9-12(11-18(15)23-19-22)21-16-7-3-1-5-13(16)14-6-2-4-8-17(14)21/h1-11,22H. The van der Waals surface area contributed by atoms with Crippen molar-refractivity contribution in [3.63, 3.8) is 0 Å². The van der Waals surface area contributed by atoms with Crippen LogP contribution < -0.4 is 4.65 Å². The van der Waals surface area contributed by atoms with E-state index in [-0.39, 0.29) is 5.75 Å². The first-order valence-electron chi connectivity index (χ1n) is 7.20. The summed E-state index contributed by atoms with van der Waals surface area (Å²) in [5, 5.41) is 11.0. The maximum absolute atomic E-state index is 13.8. The lowest BCUT2D eigenvalue weighted by atomic mass is 10.2. The molecule has 0 spiro atoms. The fraction of sp³-hybridized carbons (Fsp3) is 0. The van der Waals surface area contributed by atoms with Crippen molar-refractivity contribution in [2.24, 2.45) is 0 Å². The van der Waals surface area contributed by atoms with Gasteiger partial charge in [0.1, 0.15) is 5.75 Å². The molecule has 3 nitrogen and oxygen atoms in total.